The molecule has 0 amide bonds. The number of aryl methyl sites for hydroxylation is 1. The third-order valence-electron chi connectivity index (χ3n) is 6.21. The Labute approximate surface area is 228 Å². The number of rotatable bonds is 11. The zero-order valence-electron chi connectivity index (χ0n) is 23.5. The van der Waals surface area contributed by atoms with Crippen molar-refractivity contribution in [3.63, 3.8) is 0 Å². The minimum absolute atomic E-state index is 0.427. The topological polar surface area (TPSA) is 49.0 Å². The summed E-state index contributed by atoms with van der Waals surface area (Å²) in [5.41, 5.74) is 13.5. The fourth-order valence-electron chi connectivity index (χ4n) is 3.89. The van der Waals surface area contributed by atoms with Crippen LogP contribution in [0.5, 0.6) is 0 Å². The molecule has 1 heterocycles. The second-order valence-electron chi connectivity index (χ2n) is 9.81. The number of anilines is 1. The molecule has 0 spiro atoms. The maximum Gasteiger partial charge on any atom is 0.203 e. The summed E-state index contributed by atoms with van der Waals surface area (Å²) in [6.07, 6.45) is 10.9. The third-order valence-corrected chi connectivity index (χ3v) is 6.62. The van der Waals surface area contributed by atoms with Crippen molar-refractivity contribution in [1.29, 1.82) is 0 Å². The van der Waals surface area contributed by atoms with Gasteiger partial charge < -0.3 is 14.7 Å². The predicted octanol–water partition coefficient (Wildman–Crippen LogP) is 8.58. The van der Waals surface area contributed by atoms with Crippen LogP contribution < -0.4 is 4.90 Å². The Kier molecular flexibility index (Phi) is 12.5. The number of hydrogen-bond acceptors (Lipinski definition) is 3. The van der Waals surface area contributed by atoms with Gasteiger partial charge in [0.1, 0.15) is 6.29 Å². The zero-order chi connectivity index (χ0) is 27.4. The van der Waals surface area contributed by atoms with Crippen LogP contribution in [0.25, 0.3) is 11.3 Å². The molecule has 1 N–H and O–H groups in total. The summed E-state index contributed by atoms with van der Waals surface area (Å²) < 4.78 is 0. The number of carbonyl (C=O) groups excluding carboxylic acids is 1. The lowest BCUT2D eigenvalue weighted by Gasteiger charge is -2.24. The highest BCUT2D eigenvalue weighted by molar-refractivity contribution is 6.31. The number of halogens is 1. The van der Waals surface area contributed by atoms with Gasteiger partial charge in [-0.1, -0.05) is 81.8 Å². The van der Waals surface area contributed by atoms with Crippen LogP contribution in [0.4, 0.5) is 5.95 Å². The number of hydrogen-bond donors (Lipinski definition) is 1. The minimum atomic E-state index is 0.427. The summed E-state index contributed by atoms with van der Waals surface area (Å²) in [4.78, 5) is 22.0. The number of carbonyl (C=O) groups is 1. The quantitative estimate of drug-likeness (QED) is 0.239. The van der Waals surface area contributed by atoms with Crippen LogP contribution in [-0.2, 0) is 11.2 Å². The first-order valence-corrected chi connectivity index (χ1v) is 13.7. The Morgan fingerprint density at radius 2 is 1.86 bits per heavy atom. The second kappa shape index (κ2) is 15.3. The smallest absolute Gasteiger partial charge is 0.203 e. The normalized spacial score (nSPS) is 12.7. The van der Waals surface area contributed by atoms with E-state index in [1.807, 2.05) is 38.1 Å². The van der Waals surface area contributed by atoms with Crippen LogP contribution in [0, 0.1) is 12.8 Å². The molecule has 0 radical (unpaired) electrons. The summed E-state index contributed by atoms with van der Waals surface area (Å²) in [6, 6.07) is 6.07. The van der Waals surface area contributed by atoms with Crippen molar-refractivity contribution in [3.05, 3.63) is 80.9 Å². The molecule has 0 aliphatic heterocycles. The highest BCUT2D eigenvalue weighted by Crippen LogP contribution is 2.31. The molecule has 1 aliphatic carbocycles. The van der Waals surface area contributed by atoms with Gasteiger partial charge in [-0.05, 0) is 73.6 Å². The molecule has 5 heteroatoms. The van der Waals surface area contributed by atoms with Crippen molar-refractivity contribution in [2.75, 3.05) is 18.0 Å². The monoisotopic (exact) mass is 519 g/mol. The average Bonchev–Trinajstić information content (AvgIpc) is 3.29. The fourth-order valence-corrected chi connectivity index (χ4v) is 4.07. The van der Waals surface area contributed by atoms with E-state index in [1.165, 1.54) is 12.8 Å². The van der Waals surface area contributed by atoms with Crippen LogP contribution in [0.1, 0.15) is 72.1 Å². The van der Waals surface area contributed by atoms with Crippen molar-refractivity contribution >= 4 is 23.8 Å². The van der Waals surface area contributed by atoms with Gasteiger partial charge >= 0.3 is 0 Å². The Hall–Kier alpha value is -3.03. The van der Waals surface area contributed by atoms with E-state index in [2.05, 4.69) is 68.1 Å². The van der Waals surface area contributed by atoms with Crippen LogP contribution in [0.3, 0.4) is 0 Å². The average molecular weight is 520 g/mol. The molecular weight excluding hydrogens is 478 g/mol. The Morgan fingerprint density at radius 1 is 1.16 bits per heavy atom. The van der Waals surface area contributed by atoms with Gasteiger partial charge in [-0.15, -0.1) is 0 Å². The molecule has 198 valence electrons. The molecule has 37 heavy (non-hydrogen) atoms. The summed E-state index contributed by atoms with van der Waals surface area (Å²) in [5, 5.41) is 0.731. The Bertz CT molecular complexity index is 1220. The lowest BCUT2D eigenvalue weighted by molar-refractivity contribution is -0.107. The van der Waals surface area contributed by atoms with Gasteiger partial charge in [0.2, 0.25) is 5.95 Å². The van der Waals surface area contributed by atoms with E-state index < -0.39 is 0 Å². The molecule has 3 rings (SSSR count). The van der Waals surface area contributed by atoms with Crippen molar-refractivity contribution in [2.45, 2.75) is 74.1 Å². The second-order valence-corrected chi connectivity index (χ2v) is 10.2. The van der Waals surface area contributed by atoms with Gasteiger partial charge in [0.25, 0.3) is 0 Å². The summed E-state index contributed by atoms with van der Waals surface area (Å²) in [6.45, 7) is 16.1. The SMILES string of the molecule is C/C=C(/CN(CCC=O)c1nc(-c2ccc(C)c(Cl)c2)c(CC(C)C)[nH]1)C1=C(C)C=C=C=C1.CCCC. The van der Waals surface area contributed by atoms with E-state index in [1.54, 1.807) is 0 Å². The number of allylic oxidation sites excluding steroid dienone is 4. The Morgan fingerprint density at radius 3 is 2.43 bits per heavy atom. The largest absolute Gasteiger partial charge is 0.338 e. The molecule has 2 aromatic rings. The molecule has 0 fully saturated rings. The zero-order valence-corrected chi connectivity index (χ0v) is 24.3. The molecular formula is C32H42ClN3O. The van der Waals surface area contributed by atoms with Crippen LogP contribution in [-0.4, -0.2) is 29.3 Å². The van der Waals surface area contributed by atoms with Gasteiger partial charge in [-0.2, -0.15) is 0 Å². The van der Waals surface area contributed by atoms with E-state index in [4.69, 9.17) is 16.6 Å². The number of aromatic nitrogens is 2. The molecule has 4 nitrogen and oxygen atoms in total. The van der Waals surface area contributed by atoms with E-state index in [-0.39, 0.29) is 0 Å². The van der Waals surface area contributed by atoms with Gasteiger partial charge in [-0.25, -0.2) is 4.98 Å². The Balaban J connectivity index is 0.00000112. The minimum Gasteiger partial charge on any atom is -0.338 e. The number of H-pyrrole nitrogens is 1. The van der Waals surface area contributed by atoms with Crippen LogP contribution in [0.2, 0.25) is 5.02 Å². The number of nitrogens with one attached hydrogen (secondary N) is 1. The number of imidazole rings is 1. The summed E-state index contributed by atoms with van der Waals surface area (Å²) in [7, 11) is 0. The summed E-state index contributed by atoms with van der Waals surface area (Å²) >= 11 is 6.43. The molecule has 1 aliphatic rings. The van der Waals surface area contributed by atoms with Crippen molar-refractivity contribution in [2.24, 2.45) is 5.92 Å². The van der Waals surface area contributed by atoms with Crippen molar-refractivity contribution in [1.82, 2.24) is 9.97 Å². The van der Waals surface area contributed by atoms with E-state index in [0.29, 0.717) is 25.4 Å². The lowest BCUT2D eigenvalue weighted by atomic mass is 9.98. The number of unbranched alkanes of at least 4 members (excludes halogenated alkanes) is 1. The van der Waals surface area contributed by atoms with Crippen LogP contribution in [0.15, 0.2) is 64.6 Å². The molecule has 0 saturated carbocycles. The maximum atomic E-state index is 11.2. The standard InChI is InChI=1S/C28H32ClN3O.C4H10/c1-6-22(24-11-8-7-10-20(24)4)18-32(14-9-15-33)28-30-26(16-19(2)3)27(31-28)23-13-12-21(5)25(29)17-23;1-3-4-2/h6,10-13,15,17,19H,9,14,16,18H2,1-5H3,(H,30,31);3-4H2,1-2H3/b22-6-;. The number of aldehydes is 1. The number of nitrogens with zero attached hydrogens (tertiary/aromatic N) is 2. The third kappa shape index (κ3) is 8.79. The number of aromatic amines is 1. The summed E-state index contributed by atoms with van der Waals surface area (Å²) in [5.74, 6) is 1.23. The maximum absolute atomic E-state index is 11.2. The first-order chi connectivity index (χ1) is 17.7. The first-order valence-electron chi connectivity index (χ1n) is 13.3. The fraction of sp³-hybridized carbons (Fsp3) is 0.438. The molecule has 0 atom stereocenters. The van der Waals surface area contributed by atoms with Crippen molar-refractivity contribution in [3.8, 4) is 11.3 Å². The van der Waals surface area contributed by atoms with Gasteiger partial charge in [0, 0.05) is 35.8 Å². The lowest BCUT2D eigenvalue weighted by Crippen LogP contribution is -2.29. The van der Waals surface area contributed by atoms with Crippen molar-refractivity contribution < 1.29 is 4.79 Å². The van der Waals surface area contributed by atoms with Gasteiger partial charge in [0.05, 0.1) is 5.69 Å². The predicted molar refractivity (Wildman–Crippen MR) is 158 cm³/mol. The first kappa shape index (κ1) is 30.2. The number of benzene rings is 1. The molecule has 0 bridgehead atoms. The van der Waals surface area contributed by atoms with E-state index in [0.717, 1.165) is 62.9 Å². The van der Waals surface area contributed by atoms with Crippen LogP contribution >= 0.6 is 11.6 Å². The van der Waals surface area contributed by atoms with E-state index >= 15 is 0 Å². The molecule has 0 unspecified atom stereocenters. The highest BCUT2D eigenvalue weighted by atomic mass is 35.5. The van der Waals surface area contributed by atoms with E-state index in [9.17, 15) is 4.79 Å². The molecule has 0 saturated heterocycles. The van der Waals surface area contributed by atoms with Gasteiger partial charge in [-0.3, -0.25) is 0 Å². The van der Waals surface area contributed by atoms with Gasteiger partial charge in [0.15, 0.2) is 0 Å². The molecule has 1 aromatic heterocycles. The molecule has 1 aromatic carbocycles. The highest BCUT2D eigenvalue weighted by Gasteiger charge is 2.20.